The molecule has 1 unspecified atom stereocenters. The second-order valence-corrected chi connectivity index (χ2v) is 6.52. The van der Waals surface area contributed by atoms with Gasteiger partial charge in [0, 0.05) is 17.7 Å². The smallest absolute Gasteiger partial charge is 0.164 e. The predicted octanol–water partition coefficient (Wildman–Crippen LogP) is 3.35. The summed E-state index contributed by atoms with van der Waals surface area (Å²) in [6.07, 6.45) is 1.36. The van der Waals surface area contributed by atoms with Crippen LogP contribution in [0.3, 0.4) is 0 Å². The molecule has 0 aliphatic rings. The molecule has 4 N–H and O–H groups in total. The summed E-state index contributed by atoms with van der Waals surface area (Å²) in [7, 11) is 0. The minimum Gasteiger partial charge on any atom is -0.457 e. The first kappa shape index (κ1) is 17.9. The average molecular weight is 378 g/mol. The Morgan fingerprint density at radius 3 is 2.61 bits per heavy atom. The van der Waals surface area contributed by atoms with Crippen LogP contribution in [0.1, 0.15) is 6.92 Å². The molecule has 7 nitrogen and oxygen atoms in total. The third kappa shape index (κ3) is 3.37. The number of anilines is 1. The Balaban J connectivity index is 1.77. The molecule has 0 fully saturated rings. The average Bonchev–Trinajstić information content (AvgIpc) is 3.02. The maximum atomic E-state index is 14.9. The maximum Gasteiger partial charge on any atom is 0.164 e. The zero-order chi connectivity index (χ0) is 19.7. The lowest BCUT2D eigenvalue weighted by atomic mass is 10.1. The molecule has 4 rings (SSSR count). The molecule has 0 amide bonds. The van der Waals surface area contributed by atoms with Gasteiger partial charge in [-0.15, -0.1) is 0 Å². The van der Waals surface area contributed by atoms with Crippen molar-refractivity contribution in [3.8, 4) is 22.8 Å². The van der Waals surface area contributed by atoms with Crippen LogP contribution in [0.5, 0.6) is 11.5 Å². The Bertz CT molecular complexity index is 1130. The van der Waals surface area contributed by atoms with Crippen molar-refractivity contribution < 1.29 is 9.13 Å². The molecule has 2 aromatic carbocycles. The monoisotopic (exact) mass is 378 g/mol. The molecule has 2 aromatic heterocycles. The molecule has 0 radical (unpaired) electrons. The summed E-state index contributed by atoms with van der Waals surface area (Å²) in [6.45, 7) is 2.28. The van der Waals surface area contributed by atoms with Gasteiger partial charge in [-0.05, 0) is 31.2 Å². The van der Waals surface area contributed by atoms with Crippen molar-refractivity contribution in [3.63, 3.8) is 0 Å². The van der Waals surface area contributed by atoms with Gasteiger partial charge in [0.2, 0.25) is 0 Å². The third-order valence-electron chi connectivity index (χ3n) is 4.19. The number of hydrogen-bond acceptors (Lipinski definition) is 6. The van der Waals surface area contributed by atoms with E-state index in [2.05, 4.69) is 15.1 Å². The number of hydrogen-bond donors (Lipinski definition) is 2. The number of nitrogen functional groups attached to an aromatic ring is 1. The van der Waals surface area contributed by atoms with Crippen molar-refractivity contribution in [2.75, 3.05) is 5.73 Å². The fraction of sp³-hybridized carbons (Fsp3) is 0.150. The first-order valence-corrected chi connectivity index (χ1v) is 8.78. The van der Waals surface area contributed by atoms with Gasteiger partial charge in [0.25, 0.3) is 0 Å². The highest BCUT2D eigenvalue weighted by Gasteiger charge is 2.20. The number of para-hydroxylation sites is 1. The summed E-state index contributed by atoms with van der Waals surface area (Å²) in [6, 6.07) is 13.6. The Morgan fingerprint density at radius 2 is 1.89 bits per heavy atom. The fourth-order valence-electron chi connectivity index (χ4n) is 2.99. The minimum absolute atomic E-state index is 0.154. The Morgan fingerprint density at radius 1 is 1.11 bits per heavy atom. The zero-order valence-electron chi connectivity index (χ0n) is 15.2. The molecule has 2 heterocycles. The third-order valence-corrected chi connectivity index (χ3v) is 4.19. The van der Waals surface area contributed by atoms with Gasteiger partial charge in [-0.2, -0.15) is 5.10 Å². The number of fused-ring (bicyclic) bond motifs is 1. The highest BCUT2D eigenvalue weighted by Crippen LogP contribution is 2.34. The van der Waals surface area contributed by atoms with Crippen LogP contribution in [-0.4, -0.2) is 25.8 Å². The molecule has 8 heteroatoms. The predicted molar refractivity (Wildman–Crippen MR) is 105 cm³/mol. The van der Waals surface area contributed by atoms with Gasteiger partial charge in [-0.3, -0.25) is 0 Å². The summed E-state index contributed by atoms with van der Waals surface area (Å²) in [5, 5.41) is 5.01. The van der Waals surface area contributed by atoms with E-state index in [1.807, 2.05) is 25.1 Å². The van der Waals surface area contributed by atoms with Gasteiger partial charge >= 0.3 is 0 Å². The van der Waals surface area contributed by atoms with Gasteiger partial charge in [-0.1, -0.05) is 18.2 Å². The van der Waals surface area contributed by atoms with Crippen LogP contribution in [0.4, 0.5) is 10.2 Å². The number of benzene rings is 2. The molecule has 0 saturated carbocycles. The molecule has 0 aliphatic heterocycles. The number of aromatic nitrogens is 4. The van der Waals surface area contributed by atoms with E-state index >= 15 is 0 Å². The van der Waals surface area contributed by atoms with Gasteiger partial charge in [0.05, 0.1) is 11.9 Å². The van der Waals surface area contributed by atoms with E-state index in [1.165, 1.54) is 12.4 Å². The number of ether oxygens (including phenoxy) is 1. The summed E-state index contributed by atoms with van der Waals surface area (Å²) in [5.41, 5.74) is 13.1. The van der Waals surface area contributed by atoms with Gasteiger partial charge in [-0.25, -0.2) is 19.0 Å². The summed E-state index contributed by atoms with van der Waals surface area (Å²) < 4.78 is 22.2. The molecule has 0 spiro atoms. The fourth-order valence-corrected chi connectivity index (χ4v) is 2.99. The second kappa shape index (κ2) is 7.24. The van der Waals surface area contributed by atoms with E-state index in [1.54, 1.807) is 28.9 Å². The van der Waals surface area contributed by atoms with Crippen LogP contribution in [0.25, 0.3) is 22.3 Å². The molecule has 1 atom stereocenters. The van der Waals surface area contributed by atoms with Gasteiger partial charge < -0.3 is 16.2 Å². The van der Waals surface area contributed by atoms with Crippen molar-refractivity contribution in [1.29, 1.82) is 0 Å². The van der Waals surface area contributed by atoms with Gasteiger partial charge in [0.15, 0.2) is 5.65 Å². The normalized spacial score (nSPS) is 12.2. The van der Waals surface area contributed by atoms with Crippen molar-refractivity contribution >= 4 is 16.9 Å². The quantitative estimate of drug-likeness (QED) is 0.552. The highest BCUT2D eigenvalue weighted by atomic mass is 19.1. The molecule has 4 aromatic rings. The molecular weight excluding hydrogens is 359 g/mol. The zero-order valence-corrected chi connectivity index (χ0v) is 15.2. The number of nitrogens with zero attached hydrogens (tertiary/aromatic N) is 4. The van der Waals surface area contributed by atoms with Crippen LogP contribution in [0.2, 0.25) is 0 Å². The van der Waals surface area contributed by atoms with E-state index in [0.717, 1.165) is 0 Å². The Hall–Kier alpha value is -3.52. The highest BCUT2D eigenvalue weighted by molar-refractivity contribution is 5.98. The molecule has 0 aliphatic carbocycles. The van der Waals surface area contributed by atoms with Crippen molar-refractivity contribution in [1.82, 2.24) is 19.7 Å². The molecular formula is C20H19FN6O. The van der Waals surface area contributed by atoms with Crippen LogP contribution in [0.15, 0.2) is 54.9 Å². The first-order chi connectivity index (χ1) is 13.5. The van der Waals surface area contributed by atoms with Crippen molar-refractivity contribution in [2.45, 2.75) is 19.5 Å². The molecule has 28 heavy (non-hydrogen) atoms. The van der Waals surface area contributed by atoms with Crippen LogP contribution < -0.4 is 16.2 Å². The second-order valence-electron chi connectivity index (χ2n) is 6.52. The summed E-state index contributed by atoms with van der Waals surface area (Å²) >= 11 is 0. The number of rotatable bonds is 5. The number of halogens is 1. The largest absolute Gasteiger partial charge is 0.457 e. The molecule has 0 saturated heterocycles. The lowest BCUT2D eigenvalue weighted by molar-refractivity contribution is 0.477. The van der Waals surface area contributed by atoms with E-state index in [4.69, 9.17) is 16.2 Å². The van der Waals surface area contributed by atoms with Crippen LogP contribution in [-0.2, 0) is 6.54 Å². The summed E-state index contributed by atoms with van der Waals surface area (Å²) in [5.74, 6) is 0.763. The SMILES string of the molecule is CC(N)Cn1nc(-c2ccc(Oc3ccccc3)cc2F)c2c(N)ncnc21. The van der Waals surface area contributed by atoms with E-state index in [9.17, 15) is 4.39 Å². The first-order valence-electron chi connectivity index (χ1n) is 8.78. The van der Waals surface area contributed by atoms with E-state index in [-0.39, 0.29) is 17.4 Å². The summed E-state index contributed by atoms with van der Waals surface area (Å²) in [4.78, 5) is 8.27. The van der Waals surface area contributed by atoms with Crippen LogP contribution >= 0.6 is 0 Å². The minimum atomic E-state index is -0.482. The van der Waals surface area contributed by atoms with Crippen LogP contribution in [0, 0.1) is 5.82 Å². The molecule has 0 bridgehead atoms. The number of nitrogens with two attached hydrogens (primary N) is 2. The van der Waals surface area contributed by atoms with E-state index in [0.29, 0.717) is 34.8 Å². The Labute approximate surface area is 160 Å². The maximum absolute atomic E-state index is 14.9. The standard InChI is InChI=1S/C20H19FN6O/c1-12(22)10-27-20-17(19(23)24-11-25-20)18(26-27)15-8-7-14(9-16(15)21)28-13-5-3-2-4-6-13/h2-9,11-12H,10,22H2,1H3,(H2,23,24,25). The van der Waals surface area contributed by atoms with Gasteiger partial charge in [0.1, 0.15) is 35.2 Å². The lowest BCUT2D eigenvalue weighted by Crippen LogP contribution is -2.23. The van der Waals surface area contributed by atoms with Crippen molar-refractivity contribution in [2.24, 2.45) is 5.73 Å². The topological polar surface area (TPSA) is 105 Å². The lowest BCUT2D eigenvalue weighted by Gasteiger charge is -2.07. The van der Waals surface area contributed by atoms with Crippen molar-refractivity contribution in [3.05, 3.63) is 60.7 Å². The Kier molecular flexibility index (Phi) is 4.62. The molecule has 142 valence electrons. The van der Waals surface area contributed by atoms with E-state index < -0.39 is 5.82 Å².